The highest BCUT2D eigenvalue weighted by molar-refractivity contribution is 7.86. The summed E-state index contributed by atoms with van der Waals surface area (Å²) in [6, 6.07) is 7.05. The summed E-state index contributed by atoms with van der Waals surface area (Å²) in [5.74, 6) is 0.541. The molecule has 32 heavy (non-hydrogen) atoms. The molecule has 1 saturated heterocycles. The molecule has 0 N–H and O–H groups in total. The normalized spacial score (nSPS) is 15.2. The standard InChI is InChI=1S/C23H37N3O5S/c1-4-7-8-19-31-21-11-9-20(10-12-21)22(27)13-14-23(28)24-15-17-26(18-16-24)32(29,30)25(5-2)6-3/h9-12H,4-8,13-19H2,1-3H3. The first-order valence-electron chi connectivity index (χ1n) is 11.6. The van der Waals surface area contributed by atoms with Crippen molar-refractivity contribution in [2.45, 2.75) is 52.9 Å². The van der Waals surface area contributed by atoms with Gasteiger partial charge in [-0.15, -0.1) is 0 Å². The summed E-state index contributed by atoms with van der Waals surface area (Å²) < 4.78 is 33.7. The van der Waals surface area contributed by atoms with Crippen LogP contribution in [0.1, 0.15) is 63.2 Å². The van der Waals surface area contributed by atoms with Crippen LogP contribution in [-0.2, 0) is 15.0 Å². The number of nitrogens with zero attached hydrogens (tertiary/aromatic N) is 3. The lowest BCUT2D eigenvalue weighted by atomic mass is 10.1. The van der Waals surface area contributed by atoms with Crippen LogP contribution in [0.3, 0.4) is 0 Å². The quantitative estimate of drug-likeness (QED) is 0.329. The second kappa shape index (κ2) is 12.9. The first-order valence-corrected chi connectivity index (χ1v) is 13.0. The van der Waals surface area contributed by atoms with Crippen molar-refractivity contribution in [2.75, 3.05) is 45.9 Å². The van der Waals surface area contributed by atoms with Gasteiger partial charge in [-0.1, -0.05) is 33.6 Å². The zero-order valence-corrected chi connectivity index (χ0v) is 20.4. The maximum atomic E-state index is 12.6. The summed E-state index contributed by atoms with van der Waals surface area (Å²) in [4.78, 5) is 26.6. The number of hydrogen-bond donors (Lipinski definition) is 0. The molecule has 1 fully saturated rings. The molecular formula is C23H37N3O5S. The number of benzene rings is 1. The Kier molecular flexibility index (Phi) is 10.6. The minimum Gasteiger partial charge on any atom is -0.494 e. The second-order valence-corrected chi connectivity index (χ2v) is 9.80. The van der Waals surface area contributed by atoms with Crippen LogP contribution in [0, 0.1) is 0 Å². The third-order valence-corrected chi connectivity index (χ3v) is 7.89. The maximum Gasteiger partial charge on any atom is 0.282 e. The van der Waals surface area contributed by atoms with Crippen LogP contribution in [0.2, 0.25) is 0 Å². The van der Waals surface area contributed by atoms with Crippen molar-refractivity contribution in [2.24, 2.45) is 0 Å². The van der Waals surface area contributed by atoms with Gasteiger partial charge in [0, 0.05) is 57.7 Å². The molecular weight excluding hydrogens is 430 g/mol. The van der Waals surface area contributed by atoms with Crippen LogP contribution in [-0.4, -0.2) is 79.5 Å². The third-order valence-electron chi connectivity index (χ3n) is 5.71. The van der Waals surface area contributed by atoms with Gasteiger partial charge in [0.15, 0.2) is 5.78 Å². The van der Waals surface area contributed by atoms with Crippen molar-refractivity contribution in [3.05, 3.63) is 29.8 Å². The summed E-state index contributed by atoms with van der Waals surface area (Å²) in [7, 11) is -3.48. The molecule has 0 aromatic heterocycles. The fraction of sp³-hybridized carbons (Fsp3) is 0.652. The predicted molar refractivity (Wildman–Crippen MR) is 125 cm³/mol. The number of unbranched alkanes of at least 4 members (excludes halogenated alkanes) is 2. The Labute approximate surface area is 192 Å². The van der Waals surface area contributed by atoms with E-state index in [0.717, 1.165) is 25.0 Å². The monoisotopic (exact) mass is 467 g/mol. The van der Waals surface area contributed by atoms with Gasteiger partial charge in [0.1, 0.15) is 5.75 Å². The largest absolute Gasteiger partial charge is 0.494 e. The molecule has 1 aliphatic rings. The molecule has 9 heteroatoms. The minimum absolute atomic E-state index is 0.0846. The lowest BCUT2D eigenvalue weighted by molar-refractivity contribution is -0.132. The molecule has 0 aliphatic carbocycles. The van der Waals surface area contributed by atoms with Gasteiger partial charge < -0.3 is 9.64 Å². The van der Waals surface area contributed by atoms with Crippen molar-refractivity contribution < 1.29 is 22.7 Å². The van der Waals surface area contributed by atoms with E-state index in [1.807, 2.05) is 13.8 Å². The highest BCUT2D eigenvalue weighted by Gasteiger charge is 2.32. The first kappa shape index (κ1) is 26.3. The molecule has 1 heterocycles. The van der Waals surface area contributed by atoms with E-state index >= 15 is 0 Å². The third kappa shape index (κ3) is 7.28. The Morgan fingerprint density at radius 3 is 2.12 bits per heavy atom. The lowest BCUT2D eigenvalue weighted by Crippen LogP contribution is -2.54. The Balaban J connectivity index is 1.78. The van der Waals surface area contributed by atoms with E-state index in [2.05, 4.69) is 6.92 Å². The zero-order chi connectivity index (χ0) is 23.6. The van der Waals surface area contributed by atoms with E-state index in [1.165, 1.54) is 8.61 Å². The predicted octanol–water partition coefficient (Wildman–Crippen LogP) is 2.95. The number of amides is 1. The Morgan fingerprint density at radius 1 is 0.938 bits per heavy atom. The first-order chi connectivity index (χ1) is 15.3. The van der Waals surface area contributed by atoms with Gasteiger partial charge in [-0.2, -0.15) is 17.0 Å². The molecule has 1 amide bonds. The number of carbonyl (C=O) groups excluding carboxylic acids is 2. The number of ketones is 1. The maximum absolute atomic E-state index is 12.6. The van der Waals surface area contributed by atoms with Crippen molar-refractivity contribution in [3.8, 4) is 5.75 Å². The molecule has 1 aliphatic heterocycles. The summed E-state index contributed by atoms with van der Waals surface area (Å²) in [6.07, 6.45) is 3.53. The smallest absolute Gasteiger partial charge is 0.282 e. The molecule has 0 radical (unpaired) electrons. The van der Waals surface area contributed by atoms with E-state index in [-0.39, 0.29) is 37.6 Å². The van der Waals surface area contributed by atoms with Crippen molar-refractivity contribution in [3.63, 3.8) is 0 Å². The SMILES string of the molecule is CCCCCOc1ccc(C(=O)CCC(=O)N2CCN(S(=O)(=O)N(CC)CC)CC2)cc1. The minimum atomic E-state index is -3.48. The Morgan fingerprint density at radius 2 is 1.56 bits per heavy atom. The molecule has 0 atom stereocenters. The van der Waals surface area contributed by atoms with E-state index in [0.29, 0.717) is 38.3 Å². The average Bonchev–Trinajstić information content (AvgIpc) is 2.81. The van der Waals surface area contributed by atoms with E-state index in [4.69, 9.17) is 4.74 Å². The van der Waals surface area contributed by atoms with Gasteiger partial charge >= 0.3 is 0 Å². The number of hydrogen-bond acceptors (Lipinski definition) is 5. The van der Waals surface area contributed by atoms with Gasteiger partial charge in [-0.05, 0) is 30.7 Å². The van der Waals surface area contributed by atoms with Crippen molar-refractivity contribution >= 4 is 21.9 Å². The molecule has 0 spiro atoms. The zero-order valence-electron chi connectivity index (χ0n) is 19.6. The molecule has 0 bridgehead atoms. The van der Waals surface area contributed by atoms with Crippen molar-refractivity contribution in [1.29, 1.82) is 0 Å². The van der Waals surface area contributed by atoms with Gasteiger partial charge in [-0.3, -0.25) is 9.59 Å². The van der Waals surface area contributed by atoms with Crippen LogP contribution < -0.4 is 4.74 Å². The Hall–Kier alpha value is -1.97. The molecule has 1 aromatic rings. The Bertz CT molecular complexity index is 830. The van der Waals surface area contributed by atoms with E-state index in [9.17, 15) is 18.0 Å². The lowest BCUT2D eigenvalue weighted by Gasteiger charge is -2.36. The second-order valence-electron chi connectivity index (χ2n) is 7.88. The summed E-state index contributed by atoms with van der Waals surface area (Å²) in [5.41, 5.74) is 0.564. The fourth-order valence-electron chi connectivity index (χ4n) is 3.68. The molecule has 0 unspecified atom stereocenters. The van der Waals surface area contributed by atoms with Crippen LogP contribution in [0.5, 0.6) is 5.75 Å². The van der Waals surface area contributed by atoms with Crippen LogP contribution >= 0.6 is 0 Å². The average molecular weight is 468 g/mol. The number of piperazine rings is 1. The number of ether oxygens (including phenoxy) is 1. The fourth-order valence-corrected chi connectivity index (χ4v) is 5.29. The van der Waals surface area contributed by atoms with Gasteiger partial charge in [0.25, 0.3) is 10.2 Å². The molecule has 1 aromatic carbocycles. The number of carbonyl (C=O) groups is 2. The van der Waals surface area contributed by atoms with Crippen LogP contribution in [0.4, 0.5) is 0 Å². The molecule has 2 rings (SSSR count). The van der Waals surface area contributed by atoms with Gasteiger partial charge in [0.2, 0.25) is 5.91 Å². The summed E-state index contributed by atoms with van der Waals surface area (Å²) >= 11 is 0. The highest BCUT2D eigenvalue weighted by atomic mass is 32.2. The van der Waals surface area contributed by atoms with Gasteiger partial charge in [-0.25, -0.2) is 0 Å². The molecule has 8 nitrogen and oxygen atoms in total. The molecule has 0 saturated carbocycles. The van der Waals surface area contributed by atoms with Crippen LogP contribution in [0.25, 0.3) is 0 Å². The van der Waals surface area contributed by atoms with E-state index in [1.54, 1.807) is 29.2 Å². The van der Waals surface area contributed by atoms with E-state index < -0.39 is 10.2 Å². The molecule has 180 valence electrons. The van der Waals surface area contributed by atoms with Crippen LogP contribution in [0.15, 0.2) is 24.3 Å². The highest BCUT2D eigenvalue weighted by Crippen LogP contribution is 2.16. The van der Waals surface area contributed by atoms with Crippen molar-refractivity contribution in [1.82, 2.24) is 13.5 Å². The topological polar surface area (TPSA) is 87.2 Å². The summed E-state index contributed by atoms with van der Waals surface area (Å²) in [5, 5.41) is 0. The summed E-state index contributed by atoms with van der Waals surface area (Å²) in [6.45, 7) is 8.52. The number of rotatable bonds is 13. The van der Waals surface area contributed by atoms with Gasteiger partial charge in [0.05, 0.1) is 6.61 Å². The number of Topliss-reactive ketones (excluding diaryl/α,β-unsaturated/α-hetero) is 1.